The number of nitrogens with one attached hydrogen (secondary N) is 2. The van der Waals surface area contributed by atoms with Crippen LogP contribution in [0.2, 0.25) is 0 Å². The summed E-state index contributed by atoms with van der Waals surface area (Å²) >= 11 is 0. The monoisotopic (exact) mass is 439 g/mol. The first-order valence-electron chi connectivity index (χ1n) is 11.4. The van der Waals surface area contributed by atoms with Crippen LogP contribution in [0.5, 0.6) is 5.75 Å². The van der Waals surface area contributed by atoms with Crippen molar-refractivity contribution in [3.63, 3.8) is 0 Å². The number of hydrogen-bond donors (Lipinski definition) is 2. The van der Waals surface area contributed by atoms with Crippen molar-refractivity contribution in [3.8, 4) is 5.75 Å². The molecule has 2 fully saturated rings. The lowest BCUT2D eigenvalue weighted by atomic mass is 9.97. The van der Waals surface area contributed by atoms with E-state index in [9.17, 15) is 14.0 Å². The van der Waals surface area contributed by atoms with E-state index in [4.69, 9.17) is 4.74 Å². The van der Waals surface area contributed by atoms with Gasteiger partial charge in [0, 0.05) is 30.9 Å². The minimum atomic E-state index is -0.401. The summed E-state index contributed by atoms with van der Waals surface area (Å²) in [5.74, 6) is 0.600. The molecule has 1 saturated heterocycles. The molecular formula is C25H30FN3O3. The van der Waals surface area contributed by atoms with Crippen LogP contribution in [0.15, 0.2) is 48.5 Å². The molecule has 1 heterocycles. The van der Waals surface area contributed by atoms with Gasteiger partial charge in [-0.05, 0) is 86.9 Å². The van der Waals surface area contributed by atoms with Gasteiger partial charge in [0.2, 0.25) is 0 Å². The zero-order valence-corrected chi connectivity index (χ0v) is 18.2. The summed E-state index contributed by atoms with van der Waals surface area (Å²) in [7, 11) is 0. The van der Waals surface area contributed by atoms with Gasteiger partial charge in [0.05, 0.1) is 6.10 Å². The average Bonchev–Trinajstić information content (AvgIpc) is 3.31. The Morgan fingerprint density at radius 1 is 1.03 bits per heavy atom. The Hall–Kier alpha value is -3.09. The maximum absolute atomic E-state index is 13.2. The topological polar surface area (TPSA) is 70.7 Å². The molecule has 2 aromatic rings. The van der Waals surface area contributed by atoms with Crippen molar-refractivity contribution >= 4 is 17.6 Å². The quantitative estimate of drug-likeness (QED) is 0.678. The third kappa shape index (κ3) is 5.99. The first kappa shape index (κ1) is 22.1. The van der Waals surface area contributed by atoms with Gasteiger partial charge in [-0.25, -0.2) is 9.18 Å². The maximum Gasteiger partial charge on any atom is 0.319 e. The standard InChI is InChI=1S/C25H30FN3O3/c26-20-6-3-7-21(15-20)28-25(31)27-16-18-5-4-14-29(17-18)24(30)19-10-12-23(13-11-19)32-22-8-1-2-9-22/h3,6-7,10-13,15,18,22H,1-2,4-5,8-9,14,16-17H2,(H2,27,28,31)/t18-/m1/s1. The van der Waals surface area contributed by atoms with Gasteiger partial charge in [0.25, 0.3) is 5.91 Å². The molecule has 0 bridgehead atoms. The second kappa shape index (κ2) is 10.5. The zero-order valence-electron chi connectivity index (χ0n) is 18.2. The van der Waals surface area contributed by atoms with E-state index < -0.39 is 5.82 Å². The Bertz CT molecular complexity index is 928. The van der Waals surface area contributed by atoms with E-state index >= 15 is 0 Å². The Morgan fingerprint density at radius 2 is 1.81 bits per heavy atom. The van der Waals surface area contributed by atoms with Gasteiger partial charge >= 0.3 is 6.03 Å². The van der Waals surface area contributed by atoms with Crippen molar-refractivity contribution in [2.75, 3.05) is 25.0 Å². The van der Waals surface area contributed by atoms with Gasteiger partial charge in [-0.2, -0.15) is 0 Å². The number of carbonyl (C=O) groups is 2. The molecule has 0 spiro atoms. The van der Waals surface area contributed by atoms with Crippen LogP contribution < -0.4 is 15.4 Å². The van der Waals surface area contributed by atoms with Crippen molar-refractivity contribution in [3.05, 3.63) is 59.9 Å². The summed E-state index contributed by atoms with van der Waals surface area (Å²) in [6.07, 6.45) is 6.78. The molecule has 4 rings (SSSR count). The number of rotatable bonds is 6. The number of carbonyl (C=O) groups excluding carboxylic acids is 2. The fraction of sp³-hybridized carbons (Fsp3) is 0.440. The van der Waals surface area contributed by atoms with Crippen molar-refractivity contribution in [2.45, 2.75) is 44.6 Å². The van der Waals surface area contributed by atoms with Crippen LogP contribution in [-0.4, -0.2) is 42.6 Å². The molecule has 2 aromatic carbocycles. The number of anilines is 1. The highest BCUT2D eigenvalue weighted by molar-refractivity contribution is 5.94. The molecule has 3 amide bonds. The van der Waals surface area contributed by atoms with Crippen molar-refractivity contribution in [2.24, 2.45) is 5.92 Å². The lowest BCUT2D eigenvalue weighted by Gasteiger charge is -2.33. The van der Waals surface area contributed by atoms with E-state index in [-0.39, 0.29) is 17.9 Å². The second-order valence-corrected chi connectivity index (χ2v) is 8.65. The van der Waals surface area contributed by atoms with Crippen molar-refractivity contribution < 1.29 is 18.7 Å². The molecule has 32 heavy (non-hydrogen) atoms. The molecule has 2 N–H and O–H groups in total. The lowest BCUT2D eigenvalue weighted by molar-refractivity contribution is 0.0675. The number of halogens is 1. The van der Waals surface area contributed by atoms with Crippen LogP contribution in [-0.2, 0) is 0 Å². The summed E-state index contributed by atoms with van der Waals surface area (Å²) in [5.41, 5.74) is 1.06. The maximum atomic E-state index is 13.2. The number of hydrogen-bond acceptors (Lipinski definition) is 3. The normalized spacial score (nSPS) is 18.9. The highest BCUT2D eigenvalue weighted by Crippen LogP contribution is 2.25. The van der Waals surface area contributed by atoms with E-state index in [0.717, 1.165) is 31.4 Å². The van der Waals surface area contributed by atoms with Gasteiger partial charge in [-0.3, -0.25) is 4.79 Å². The number of piperidine rings is 1. The summed E-state index contributed by atoms with van der Waals surface area (Å²) in [4.78, 5) is 26.9. The second-order valence-electron chi connectivity index (χ2n) is 8.65. The first-order chi connectivity index (χ1) is 15.6. The number of nitrogens with zero attached hydrogens (tertiary/aromatic N) is 1. The van der Waals surface area contributed by atoms with Gasteiger partial charge in [0.15, 0.2) is 0 Å². The van der Waals surface area contributed by atoms with Gasteiger partial charge in [0.1, 0.15) is 11.6 Å². The molecule has 170 valence electrons. The average molecular weight is 440 g/mol. The summed E-state index contributed by atoms with van der Waals surface area (Å²) in [5, 5.41) is 5.46. The number of ether oxygens (including phenoxy) is 1. The lowest BCUT2D eigenvalue weighted by Crippen LogP contribution is -2.44. The molecule has 1 aliphatic carbocycles. The third-order valence-corrected chi connectivity index (χ3v) is 6.15. The molecule has 1 saturated carbocycles. The van der Waals surface area contributed by atoms with Crippen LogP contribution in [0.3, 0.4) is 0 Å². The minimum Gasteiger partial charge on any atom is -0.490 e. The molecule has 0 radical (unpaired) electrons. The number of likely N-dealkylation sites (tertiary alicyclic amines) is 1. The van der Waals surface area contributed by atoms with E-state index in [1.807, 2.05) is 29.2 Å². The summed E-state index contributed by atoms with van der Waals surface area (Å²) in [6, 6.07) is 12.8. The predicted molar refractivity (Wildman–Crippen MR) is 121 cm³/mol. The Kier molecular flexibility index (Phi) is 7.24. The van der Waals surface area contributed by atoms with E-state index in [1.165, 1.54) is 25.0 Å². The molecular weight excluding hydrogens is 409 g/mol. The van der Waals surface area contributed by atoms with Gasteiger partial charge in [-0.1, -0.05) is 6.07 Å². The van der Waals surface area contributed by atoms with Crippen molar-refractivity contribution in [1.29, 1.82) is 0 Å². The largest absolute Gasteiger partial charge is 0.490 e. The number of urea groups is 1. The predicted octanol–water partition coefficient (Wildman–Crippen LogP) is 4.82. The third-order valence-electron chi connectivity index (χ3n) is 6.15. The SMILES string of the molecule is O=C(NC[C@H]1CCCN(C(=O)c2ccc(OC3CCCC3)cc2)C1)Nc1cccc(F)c1. The van der Waals surface area contributed by atoms with E-state index in [0.29, 0.717) is 37.0 Å². The van der Waals surface area contributed by atoms with Crippen LogP contribution in [0.4, 0.5) is 14.9 Å². The molecule has 2 aliphatic rings. The fourth-order valence-electron chi connectivity index (χ4n) is 4.45. The molecule has 1 aliphatic heterocycles. The van der Waals surface area contributed by atoms with Crippen LogP contribution >= 0.6 is 0 Å². The highest BCUT2D eigenvalue weighted by Gasteiger charge is 2.25. The Morgan fingerprint density at radius 3 is 2.56 bits per heavy atom. The van der Waals surface area contributed by atoms with Gasteiger partial charge < -0.3 is 20.3 Å². The zero-order chi connectivity index (χ0) is 22.3. The van der Waals surface area contributed by atoms with Crippen LogP contribution in [0, 0.1) is 11.7 Å². The van der Waals surface area contributed by atoms with Gasteiger partial charge in [-0.15, -0.1) is 0 Å². The van der Waals surface area contributed by atoms with E-state index in [1.54, 1.807) is 12.1 Å². The highest BCUT2D eigenvalue weighted by atomic mass is 19.1. The van der Waals surface area contributed by atoms with Crippen molar-refractivity contribution in [1.82, 2.24) is 10.2 Å². The van der Waals surface area contributed by atoms with E-state index in [2.05, 4.69) is 10.6 Å². The molecule has 0 unspecified atom stereocenters. The van der Waals surface area contributed by atoms with Crippen LogP contribution in [0.25, 0.3) is 0 Å². The van der Waals surface area contributed by atoms with Crippen LogP contribution in [0.1, 0.15) is 48.9 Å². The number of amides is 3. The summed E-state index contributed by atoms with van der Waals surface area (Å²) in [6.45, 7) is 1.77. The fourth-order valence-corrected chi connectivity index (χ4v) is 4.45. The number of benzene rings is 2. The Balaban J connectivity index is 1.25. The Labute approximate surface area is 188 Å². The smallest absolute Gasteiger partial charge is 0.319 e. The summed E-state index contributed by atoms with van der Waals surface area (Å²) < 4.78 is 19.2. The molecule has 1 atom stereocenters. The minimum absolute atomic E-state index is 0.00586. The molecule has 7 heteroatoms. The first-order valence-corrected chi connectivity index (χ1v) is 11.4. The molecule has 0 aromatic heterocycles. The molecule has 6 nitrogen and oxygen atoms in total.